The van der Waals surface area contributed by atoms with Crippen LogP contribution in [0.3, 0.4) is 0 Å². The summed E-state index contributed by atoms with van der Waals surface area (Å²) in [4.78, 5) is 12.4. The largest absolute Gasteiger partial charge is 0.434 e. The summed E-state index contributed by atoms with van der Waals surface area (Å²) >= 11 is 1.37. The Hall–Kier alpha value is -2.81. The molecule has 0 aliphatic heterocycles. The fourth-order valence-electron chi connectivity index (χ4n) is 2.90. The van der Waals surface area contributed by atoms with Crippen molar-refractivity contribution in [1.29, 1.82) is 0 Å². The number of carbonyl (C=O) groups is 1. The van der Waals surface area contributed by atoms with Gasteiger partial charge in [-0.2, -0.15) is 30.0 Å². The van der Waals surface area contributed by atoms with E-state index in [9.17, 15) is 22.4 Å². The molecule has 158 valence electrons. The number of carbonyl (C=O) groups excluding carboxylic acids is 1. The molecule has 0 bridgehead atoms. The third kappa shape index (κ3) is 5.02. The van der Waals surface area contributed by atoms with Crippen molar-refractivity contribution in [2.45, 2.75) is 18.9 Å². The standard InChI is InChI=1S/C21H19F4N3OS/c1-14-6-2-5-9-18(14)28-19(21(23,24)25)16(12-27-28)20(29)26-10-11-30-13-15-7-3-4-8-17(15)22/h2-9,12H,10-11,13H2,1H3,(H,26,29). The number of rotatable bonds is 7. The SMILES string of the molecule is Cc1ccccc1-n1ncc(C(=O)NCCSCc2ccccc2F)c1C(F)(F)F. The quantitative estimate of drug-likeness (QED) is 0.418. The van der Waals surface area contributed by atoms with E-state index in [4.69, 9.17) is 0 Å². The van der Waals surface area contributed by atoms with Crippen LogP contribution < -0.4 is 5.32 Å². The Morgan fingerprint density at radius 3 is 2.53 bits per heavy atom. The number of aryl methyl sites for hydroxylation is 1. The molecule has 0 radical (unpaired) electrons. The smallest absolute Gasteiger partial charge is 0.351 e. The zero-order valence-electron chi connectivity index (χ0n) is 16.0. The lowest BCUT2D eigenvalue weighted by molar-refractivity contribution is -0.143. The Morgan fingerprint density at radius 2 is 1.83 bits per heavy atom. The van der Waals surface area contributed by atoms with Gasteiger partial charge in [0.05, 0.1) is 17.4 Å². The number of benzene rings is 2. The maximum absolute atomic E-state index is 13.7. The maximum Gasteiger partial charge on any atom is 0.434 e. The number of amides is 1. The van der Waals surface area contributed by atoms with E-state index in [-0.39, 0.29) is 18.0 Å². The number of para-hydroxylation sites is 1. The first-order valence-electron chi connectivity index (χ1n) is 9.09. The molecule has 9 heteroatoms. The zero-order chi connectivity index (χ0) is 21.7. The number of alkyl halides is 3. The molecular weight excluding hydrogens is 418 g/mol. The molecule has 2 aromatic carbocycles. The molecular formula is C21H19F4N3OS. The molecule has 3 aromatic rings. The minimum absolute atomic E-state index is 0.144. The molecule has 3 rings (SSSR count). The molecule has 0 unspecified atom stereocenters. The molecule has 0 fully saturated rings. The summed E-state index contributed by atoms with van der Waals surface area (Å²) in [6, 6.07) is 12.9. The summed E-state index contributed by atoms with van der Waals surface area (Å²) in [5, 5.41) is 6.30. The lowest BCUT2D eigenvalue weighted by Gasteiger charge is -2.14. The fraction of sp³-hybridized carbons (Fsp3) is 0.238. The number of hydrogen-bond acceptors (Lipinski definition) is 3. The Kier molecular flexibility index (Phi) is 6.81. The summed E-state index contributed by atoms with van der Waals surface area (Å²) in [6.07, 6.45) is -3.83. The predicted octanol–water partition coefficient (Wildman–Crippen LogP) is 5.00. The molecule has 0 saturated carbocycles. The molecule has 30 heavy (non-hydrogen) atoms. The normalized spacial score (nSPS) is 11.5. The lowest BCUT2D eigenvalue weighted by atomic mass is 10.1. The van der Waals surface area contributed by atoms with Gasteiger partial charge in [-0.15, -0.1) is 0 Å². The van der Waals surface area contributed by atoms with Crippen LogP contribution in [0.25, 0.3) is 5.69 Å². The van der Waals surface area contributed by atoms with Gasteiger partial charge in [-0.1, -0.05) is 36.4 Å². The van der Waals surface area contributed by atoms with Gasteiger partial charge in [0.1, 0.15) is 5.82 Å². The molecule has 1 heterocycles. The molecule has 0 saturated heterocycles. The van der Waals surface area contributed by atoms with Gasteiger partial charge in [-0.3, -0.25) is 4.79 Å². The maximum atomic E-state index is 13.7. The van der Waals surface area contributed by atoms with E-state index in [0.29, 0.717) is 22.6 Å². The molecule has 0 aliphatic rings. The van der Waals surface area contributed by atoms with E-state index in [1.54, 1.807) is 43.3 Å². The predicted molar refractivity (Wildman–Crippen MR) is 108 cm³/mol. The number of halogens is 4. The van der Waals surface area contributed by atoms with E-state index in [1.165, 1.54) is 23.9 Å². The van der Waals surface area contributed by atoms with Crippen LogP contribution >= 0.6 is 11.8 Å². The summed E-state index contributed by atoms with van der Waals surface area (Å²) in [7, 11) is 0. The van der Waals surface area contributed by atoms with Gasteiger partial charge in [0.2, 0.25) is 0 Å². The highest BCUT2D eigenvalue weighted by atomic mass is 32.2. The van der Waals surface area contributed by atoms with Crippen LogP contribution in [0.1, 0.15) is 27.2 Å². The van der Waals surface area contributed by atoms with Crippen LogP contribution in [0.2, 0.25) is 0 Å². The average Bonchev–Trinajstić information content (AvgIpc) is 3.15. The molecule has 0 spiro atoms. The third-order valence-corrected chi connectivity index (χ3v) is 5.38. The minimum atomic E-state index is -4.76. The van der Waals surface area contributed by atoms with Crippen molar-refractivity contribution in [2.75, 3.05) is 12.3 Å². The van der Waals surface area contributed by atoms with Crippen molar-refractivity contribution in [3.05, 3.63) is 82.9 Å². The van der Waals surface area contributed by atoms with Crippen LogP contribution in [0.15, 0.2) is 54.7 Å². The van der Waals surface area contributed by atoms with Gasteiger partial charge in [0, 0.05) is 18.1 Å². The van der Waals surface area contributed by atoms with Crippen LogP contribution in [-0.4, -0.2) is 28.0 Å². The number of nitrogens with one attached hydrogen (secondary N) is 1. The first-order chi connectivity index (χ1) is 14.3. The van der Waals surface area contributed by atoms with Crippen molar-refractivity contribution in [2.24, 2.45) is 0 Å². The topological polar surface area (TPSA) is 46.9 Å². The summed E-state index contributed by atoms with van der Waals surface area (Å²) < 4.78 is 55.4. The summed E-state index contributed by atoms with van der Waals surface area (Å²) in [5.41, 5.74) is -0.266. The van der Waals surface area contributed by atoms with Gasteiger partial charge in [0.25, 0.3) is 5.91 Å². The van der Waals surface area contributed by atoms with Gasteiger partial charge in [0.15, 0.2) is 5.69 Å². The molecule has 1 N–H and O–H groups in total. The Labute approximate surface area is 175 Å². The lowest BCUT2D eigenvalue weighted by Crippen LogP contribution is -2.28. The van der Waals surface area contributed by atoms with Crippen LogP contribution in [0.4, 0.5) is 17.6 Å². The zero-order valence-corrected chi connectivity index (χ0v) is 16.9. The highest BCUT2D eigenvalue weighted by Gasteiger charge is 2.40. The van der Waals surface area contributed by atoms with Gasteiger partial charge < -0.3 is 5.32 Å². The van der Waals surface area contributed by atoms with E-state index in [1.807, 2.05) is 0 Å². The average molecular weight is 437 g/mol. The number of hydrogen-bond donors (Lipinski definition) is 1. The van der Waals surface area contributed by atoms with Crippen molar-refractivity contribution in [1.82, 2.24) is 15.1 Å². The third-order valence-electron chi connectivity index (χ3n) is 4.37. The van der Waals surface area contributed by atoms with E-state index in [0.717, 1.165) is 10.9 Å². The molecule has 4 nitrogen and oxygen atoms in total. The van der Waals surface area contributed by atoms with E-state index >= 15 is 0 Å². The molecule has 0 atom stereocenters. The van der Waals surface area contributed by atoms with Crippen LogP contribution in [0, 0.1) is 12.7 Å². The van der Waals surface area contributed by atoms with Crippen molar-refractivity contribution < 1.29 is 22.4 Å². The van der Waals surface area contributed by atoms with Crippen molar-refractivity contribution in [3.8, 4) is 5.69 Å². The first kappa shape index (κ1) is 21.9. The second kappa shape index (κ2) is 9.34. The second-order valence-corrected chi connectivity index (χ2v) is 7.61. The highest BCUT2D eigenvalue weighted by Crippen LogP contribution is 2.34. The Morgan fingerprint density at radius 1 is 1.13 bits per heavy atom. The summed E-state index contributed by atoms with van der Waals surface area (Å²) in [6.45, 7) is 1.81. The second-order valence-electron chi connectivity index (χ2n) is 6.50. The number of aromatic nitrogens is 2. The molecule has 1 amide bonds. The molecule has 1 aromatic heterocycles. The highest BCUT2D eigenvalue weighted by molar-refractivity contribution is 7.98. The van der Waals surface area contributed by atoms with E-state index < -0.39 is 23.3 Å². The van der Waals surface area contributed by atoms with Gasteiger partial charge in [-0.05, 0) is 30.2 Å². The number of nitrogens with zero attached hydrogens (tertiary/aromatic N) is 2. The van der Waals surface area contributed by atoms with Crippen molar-refractivity contribution in [3.63, 3.8) is 0 Å². The minimum Gasteiger partial charge on any atom is -0.351 e. The fourth-order valence-corrected chi connectivity index (χ4v) is 3.75. The summed E-state index contributed by atoms with van der Waals surface area (Å²) in [5.74, 6) is -0.337. The monoisotopic (exact) mass is 437 g/mol. The Bertz CT molecular complexity index is 1030. The van der Waals surface area contributed by atoms with Gasteiger partial charge in [-0.25, -0.2) is 9.07 Å². The first-order valence-corrected chi connectivity index (χ1v) is 10.2. The van der Waals surface area contributed by atoms with Crippen LogP contribution in [-0.2, 0) is 11.9 Å². The van der Waals surface area contributed by atoms with Crippen LogP contribution in [0.5, 0.6) is 0 Å². The number of thioether (sulfide) groups is 1. The van der Waals surface area contributed by atoms with Gasteiger partial charge >= 0.3 is 6.18 Å². The van der Waals surface area contributed by atoms with E-state index in [2.05, 4.69) is 10.4 Å². The van der Waals surface area contributed by atoms with Crippen molar-refractivity contribution >= 4 is 17.7 Å². The molecule has 0 aliphatic carbocycles. The Balaban J connectivity index is 1.67.